The highest BCUT2D eigenvalue weighted by molar-refractivity contribution is 7.92. The molecule has 0 saturated heterocycles. The molecule has 0 spiro atoms. The van der Waals surface area contributed by atoms with Crippen molar-refractivity contribution in [2.45, 2.75) is 46.5 Å². The third kappa shape index (κ3) is 6.16. The average molecular weight is 430 g/mol. The maximum absolute atomic E-state index is 12.5. The Morgan fingerprint density at radius 1 is 1.03 bits per heavy atom. The molecule has 6 nitrogen and oxygen atoms in total. The SMILES string of the molecule is C/C(CC(C)(C)c1ccccc1)=N/NC(=O)CN(c1c(C)cccc1C)S(C)(=O)=O. The second-order valence-electron chi connectivity index (χ2n) is 8.32. The molecule has 1 amide bonds. The van der Waals surface area contributed by atoms with Crippen LogP contribution < -0.4 is 9.73 Å². The lowest BCUT2D eigenvalue weighted by molar-refractivity contribution is -0.119. The van der Waals surface area contributed by atoms with E-state index in [-0.39, 0.29) is 12.0 Å². The van der Waals surface area contributed by atoms with Crippen molar-refractivity contribution in [3.05, 3.63) is 65.2 Å². The Morgan fingerprint density at radius 3 is 2.13 bits per heavy atom. The van der Waals surface area contributed by atoms with Gasteiger partial charge in [0.15, 0.2) is 0 Å². The van der Waals surface area contributed by atoms with Crippen LogP contribution in [0.1, 0.15) is 43.9 Å². The van der Waals surface area contributed by atoms with E-state index in [9.17, 15) is 13.2 Å². The minimum Gasteiger partial charge on any atom is -0.271 e. The number of carbonyl (C=O) groups is 1. The largest absolute Gasteiger partial charge is 0.271 e. The van der Waals surface area contributed by atoms with E-state index in [1.165, 1.54) is 5.56 Å². The number of rotatable bonds is 8. The van der Waals surface area contributed by atoms with Crippen molar-refractivity contribution in [2.24, 2.45) is 5.10 Å². The number of carbonyl (C=O) groups excluding carboxylic acids is 1. The van der Waals surface area contributed by atoms with Gasteiger partial charge in [0, 0.05) is 5.71 Å². The topological polar surface area (TPSA) is 78.8 Å². The van der Waals surface area contributed by atoms with Gasteiger partial charge in [-0.3, -0.25) is 9.10 Å². The predicted molar refractivity (Wildman–Crippen MR) is 123 cm³/mol. The number of hydrogen-bond donors (Lipinski definition) is 1. The number of hydrazone groups is 1. The smallest absolute Gasteiger partial charge is 0.260 e. The maximum atomic E-state index is 12.5. The normalized spacial score (nSPS) is 12.5. The second-order valence-corrected chi connectivity index (χ2v) is 10.2. The fraction of sp³-hybridized carbons (Fsp3) is 0.391. The van der Waals surface area contributed by atoms with Gasteiger partial charge in [-0.1, -0.05) is 62.4 Å². The van der Waals surface area contributed by atoms with E-state index in [2.05, 4.69) is 36.5 Å². The van der Waals surface area contributed by atoms with Crippen LogP contribution >= 0.6 is 0 Å². The predicted octanol–water partition coefficient (Wildman–Crippen LogP) is 3.93. The molecule has 0 aliphatic heterocycles. The lowest BCUT2D eigenvalue weighted by Gasteiger charge is -2.26. The summed E-state index contributed by atoms with van der Waals surface area (Å²) < 4.78 is 25.9. The Kier molecular flexibility index (Phi) is 7.42. The van der Waals surface area contributed by atoms with Gasteiger partial charge >= 0.3 is 0 Å². The molecule has 0 bridgehead atoms. The third-order valence-corrected chi connectivity index (χ3v) is 6.11. The van der Waals surface area contributed by atoms with E-state index >= 15 is 0 Å². The van der Waals surface area contributed by atoms with Gasteiger partial charge < -0.3 is 0 Å². The molecule has 0 heterocycles. The fourth-order valence-corrected chi connectivity index (χ4v) is 4.53. The van der Waals surface area contributed by atoms with Crippen molar-refractivity contribution in [3.8, 4) is 0 Å². The number of anilines is 1. The molecule has 0 atom stereocenters. The highest BCUT2D eigenvalue weighted by Crippen LogP contribution is 2.28. The van der Waals surface area contributed by atoms with Crippen LogP contribution in [0, 0.1) is 13.8 Å². The number of nitrogens with one attached hydrogen (secondary N) is 1. The summed E-state index contributed by atoms with van der Waals surface area (Å²) in [5.74, 6) is -0.486. The first kappa shape index (κ1) is 23.6. The van der Waals surface area contributed by atoms with Crippen LogP contribution in [0.2, 0.25) is 0 Å². The molecule has 0 aliphatic rings. The Morgan fingerprint density at radius 2 is 1.60 bits per heavy atom. The van der Waals surface area contributed by atoms with Crippen LogP contribution in [-0.4, -0.2) is 32.8 Å². The highest BCUT2D eigenvalue weighted by Gasteiger charge is 2.24. The van der Waals surface area contributed by atoms with Gasteiger partial charge in [-0.05, 0) is 49.3 Å². The summed E-state index contributed by atoms with van der Waals surface area (Å²) in [5, 5.41) is 4.20. The van der Waals surface area contributed by atoms with Crippen molar-refractivity contribution >= 4 is 27.3 Å². The Labute approximate surface area is 180 Å². The fourth-order valence-electron chi connectivity index (χ4n) is 3.56. The van der Waals surface area contributed by atoms with Crippen LogP contribution in [0.5, 0.6) is 0 Å². The van der Waals surface area contributed by atoms with Gasteiger partial charge in [0.1, 0.15) is 6.54 Å². The zero-order chi connectivity index (χ0) is 22.5. The minimum atomic E-state index is -3.64. The maximum Gasteiger partial charge on any atom is 0.260 e. The van der Waals surface area contributed by atoms with Crippen LogP contribution in [0.4, 0.5) is 5.69 Å². The molecule has 0 fully saturated rings. The Hall–Kier alpha value is -2.67. The molecule has 0 saturated carbocycles. The molecule has 162 valence electrons. The Bertz CT molecular complexity index is 1010. The van der Waals surface area contributed by atoms with Crippen molar-refractivity contribution < 1.29 is 13.2 Å². The Balaban J connectivity index is 2.12. The molecule has 2 aromatic carbocycles. The molecular weight excluding hydrogens is 398 g/mol. The summed E-state index contributed by atoms with van der Waals surface area (Å²) in [5.41, 5.74) is 6.42. The molecule has 2 aromatic rings. The lowest BCUT2D eigenvalue weighted by Crippen LogP contribution is -2.40. The van der Waals surface area contributed by atoms with E-state index in [0.29, 0.717) is 12.1 Å². The number of benzene rings is 2. The summed E-state index contributed by atoms with van der Waals surface area (Å²) in [4.78, 5) is 12.5. The monoisotopic (exact) mass is 429 g/mol. The second kappa shape index (κ2) is 9.43. The zero-order valence-electron chi connectivity index (χ0n) is 18.6. The zero-order valence-corrected chi connectivity index (χ0v) is 19.4. The minimum absolute atomic E-state index is 0.142. The van der Waals surface area contributed by atoms with E-state index in [1.807, 2.05) is 57.2 Å². The molecule has 0 aromatic heterocycles. The van der Waals surface area contributed by atoms with E-state index < -0.39 is 15.9 Å². The number of amides is 1. The van der Waals surface area contributed by atoms with Gasteiger partial charge in [0.25, 0.3) is 5.91 Å². The average Bonchev–Trinajstić information content (AvgIpc) is 2.65. The number of sulfonamides is 1. The van der Waals surface area contributed by atoms with E-state index in [1.54, 1.807) is 0 Å². The number of hydrogen-bond acceptors (Lipinski definition) is 4. The van der Waals surface area contributed by atoms with Crippen LogP contribution in [-0.2, 0) is 20.2 Å². The van der Waals surface area contributed by atoms with Crippen LogP contribution in [0.25, 0.3) is 0 Å². The van der Waals surface area contributed by atoms with E-state index in [0.717, 1.165) is 27.4 Å². The summed E-state index contributed by atoms with van der Waals surface area (Å²) in [6.07, 6.45) is 1.76. The number of nitrogens with zero attached hydrogens (tertiary/aromatic N) is 2. The van der Waals surface area contributed by atoms with Crippen LogP contribution in [0.3, 0.4) is 0 Å². The first-order chi connectivity index (χ1) is 13.9. The van der Waals surface area contributed by atoms with E-state index in [4.69, 9.17) is 0 Å². The third-order valence-electron chi connectivity index (χ3n) is 5.00. The van der Waals surface area contributed by atoms with Gasteiger partial charge in [-0.15, -0.1) is 0 Å². The van der Waals surface area contributed by atoms with Crippen molar-refractivity contribution in [2.75, 3.05) is 17.1 Å². The van der Waals surface area contributed by atoms with Crippen molar-refractivity contribution in [3.63, 3.8) is 0 Å². The summed E-state index contributed by atoms with van der Waals surface area (Å²) in [7, 11) is -3.64. The van der Waals surface area contributed by atoms with Crippen molar-refractivity contribution in [1.82, 2.24) is 5.43 Å². The molecule has 7 heteroatoms. The van der Waals surface area contributed by atoms with Crippen LogP contribution in [0.15, 0.2) is 53.6 Å². The summed E-state index contributed by atoms with van der Waals surface area (Å²) in [6, 6.07) is 15.6. The van der Waals surface area contributed by atoms with Gasteiger partial charge in [0.2, 0.25) is 10.0 Å². The molecule has 0 aliphatic carbocycles. The van der Waals surface area contributed by atoms with Gasteiger partial charge in [0.05, 0.1) is 11.9 Å². The lowest BCUT2D eigenvalue weighted by atomic mass is 9.80. The quantitative estimate of drug-likeness (QED) is 0.510. The van der Waals surface area contributed by atoms with Gasteiger partial charge in [-0.25, -0.2) is 13.8 Å². The first-order valence-corrected chi connectivity index (χ1v) is 11.7. The first-order valence-electron chi connectivity index (χ1n) is 9.83. The summed E-state index contributed by atoms with van der Waals surface area (Å²) >= 11 is 0. The van der Waals surface area contributed by atoms with Crippen molar-refractivity contribution in [1.29, 1.82) is 0 Å². The summed E-state index contributed by atoms with van der Waals surface area (Å²) in [6.45, 7) is 9.41. The highest BCUT2D eigenvalue weighted by atomic mass is 32.2. The standard InChI is InChI=1S/C23H31N3O3S/c1-17-11-10-12-18(2)22(17)26(30(6,28)29)16-21(27)25-24-19(3)15-23(4,5)20-13-8-7-9-14-20/h7-14H,15-16H2,1-6H3,(H,25,27)/b24-19-. The number of para-hydroxylation sites is 1. The van der Waals surface area contributed by atoms with Gasteiger partial charge in [-0.2, -0.15) is 5.10 Å². The molecule has 30 heavy (non-hydrogen) atoms. The number of aryl methyl sites for hydroxylation is 2. The molecule has 0 unspecified atom stereocenters. The molecule has 1 N–H and O–H groups in total. The molecule has 2 rings (SSSR count). The molecule has 0 radical (unpaired) electrons. The molecular formula is C23H31N3O3S.